The molecule has 0 atom stereocenters. The fourth-order valence-electron chi connectivity index (χ4n) is 3.16. The summed E-state index contributed by atoms with van der Waals surface area (Å²) in [6, 6.07) is 0. The number of rotatable bonds is 7. The Bertz CT molecular complexity index is 482. The van der Waals surface area contributed by atoms with Gasteiger partial charge in [-0.3, -0.25) is 9.59 Å². The minimum atomic E-state index is -0.577. The van der Waals surface area contributed by atoms with Crippen LogP contribution in [0.15, 0.2) is 35.5 Å². The highest BCUT2D eigenvalue weighted by atomic mass is 32.2. The van der Waals surface area contributed by atoms with E-state index < -0.39 is 5.92 Å². The van der Waals surface area contributed by atoms with Gasteiger partial charge in [-0.05, 0) is 55.8 Å². The number of thioether (sulfide) groups is 1. The van der Waals surface area contributed by atoms with E-state index in [4.69, 9.17) is 0 Å². The van der Waals surface area contributed by atoms with Crippen molar-refractivity contribution in [2.45, 2.75) is 46.5 Å². The van der Waals surface area contributed by atoms with Gasteiger partial charge in [-0.2, -0.15) is 11.8 Å². The highest BCUT2D eigenvalue weighted by Gasteiger charge is 2.38. The maximum absolute atomic E-state index is 12.6. The summed E-state index contributed by atoms with van der Waals surface area (Å²) in [5.41, 5.74) is 2.86. The van der Waals surface area contributed by atoms with E-state index in [1.54, 1.807) is 17.8 Å². The van der Waals surface area contributed by atoms with Gasteiger partial charge in [-0.25, -0.2) is 0 Å². The molecule has 1 saturated carbocycles. The fraction of sp³-hybridized carbons (Fsp3) is 0.579. The Hall–Kier alpha value is -1.09. The van der Waals surface area contributed by atoms with E-state index in [2.05, 4.69) is 25.8 Å². The molecule has 0 spiro atoms. The zero-order valence-electron chi connectivity index (χ0n) is 14.3. The molecule has 22 heavy (non-hydrogen) atoms. The van der Waals surface area contributed by atoms with Gasteiger partial charge in [0.2, 0.25) is 0 Å². The minimum absolute atomic E-state index is 0.0856. The van der Waals surface area contributed by atoms with Crippen LogP contribution in [0.3, 0.4) is 0 Å². The quantitative estimate of drug-likeness (QED) is 0.501. The molecule has 0 aromatic rings. The molecule has 0 N–H and O–H groups in total. The molecule has 1 rings (SSSR count). The van der Waals surface area contributed by atoms with Crippen LogP contribution in [0.5, 0.6) is 0 Å². The molecule has 0 heterocycles. The summed E-state index contributed by atoms with van der Waals surface area (Å²) in [5, 5.41) is 0. The van der Waals surface area contributed by atoms with Crippen LogP contribution in [-0.4, -0.2) is 23.6 Å². The lowest BCUT2D eigenvalue weighted by atomic mass is 9.73. The van der Waals surface area contributed by atoms with Crippen molar-refractivity contribution in [1.29, 1.82) is 0 Å². The van der Waals surface area contributed by atoms with Gasteiger partial charge < -0.3 is 0 Å². The molecule has 1 fully saturated rings. The second-order valence-electron chi connectivity index (χ2n) is 6.02. The molecule has 0 saturated heterocycles. The fourth-order valence-corrected chi connectivity index (χ4v) is 3.73. The van der Waals surface area contributed by atoms with Crippen molar-refractivity contribution in [3.8, 4) is 0 Å². The third kappa shape index (κ3) is 4.70. The normalized spacial score (nSPS) is 24.3. The lowest BCUT2D eigenvalue weighted by Crippen LogP contribution is -2.35. The van der Waals surface area contributed by atoms with Gasteiger partial charge in [0.15, 0.2) is 0 Å². The maximum atomic E-state index is 12.6. The molecule has 0 unspecified atom stereocenters. The molecule has 2 nitrogen and oxygen atoms in total. The summed E-state index contributed by atoms with van der Waals surface area (Å²) < 4.78 is 0. The first-order chi connectivity index (χ1) is 10.5. The van der Waals surface area contributed by atoms with Crippen LogP contribution in [0.4, 0.5) is 0 Å². The van der Waals surface area contributed by atoms with Crippen molar-refractivity contribution in [3.63, 3.8) is 0 Å². The molecule has 0 bridgehead atoms. The van der Waals surface area contributed by atoms with Crippen molar-refractivity contribution in [3.05, 3.63) is 35.5 Å². The molecule has 1 aliphatic rings. The van der Waals surface area contributed by atoms with Crippen LogP contribution in [-0.2, 0) is 9.59 Å². The summed E-state index contributed by atoms with van der Waals surface area (Å²) in [6.45, 7) is 9.81. The Labute approximate surface area is 139 Å². The number of carbonyl (C=O) groups is 2. The van der Waals surface area contributed by atoms with E-state index in [1.165, 1.54) is 0 Å². The number of hydrogen-bond acceptors (Lipinski definition) is 3. The van der Waals surface area contributed by atoms with Crippen LogP contribution >= 0.6 is 11.8 Å². The van der Waals surface area contributed by atoms with Crippen LogP contribution in [0.25, 0.3) is 0 Å². The first-order valence-corrected chi connectivity index (χ1v) is 9.40. The summed E-state index contributed by atoms with van der Waals surface area (Å²) >= 11 is 1.77. The summed E-state index contributed by atoms with van der Waals surface area (Å²) in [4.78, 5) is 25.3. The average Bonchev–Trinajstić information content (AvgIpc) is 2.48. The van der Waals surface area contributed by atoms with Crippen molar-refractivity contribution in [2.75, 3.05) is 12.0 Å². The first-order valence-electron chi connectivity index (χ1n) is 8.00. The van der Waals surface area contributed by atoms with Crippen LogP contribution in [0, 0.1) is 11.8 Å². The number of allylic oxidation sites excluding steroid dienone is 5. The number of hydrogen-bond donors (Lipinski definition) is 0. The number of Topliss-reactive ketones (excluding diaryl/α,β-unsaturated/α-hetero) is 2. The van der Waals surface area contributed by atoms with Crippen LogP contribution in [0.1, 0.15) is 46.5 Å². The molecule has 1 aliphatic carbocycles. The molecule has 0 radical (unpaired) electrons. The Morgan fingerprint density at radius 3 is 2.32 bits per heavy atom. The number of ketones is 2. The van der Waals surface area contributed by atoms with Gasteiger partial charge in [0.1, 0.15) is 17.5 Å². The highest BCUT2D eigenvalue weighted by molar-refractivity contribution is 7.98. The lowest BCUT2D eigenvalue weighted by Gasteiger charge is -2.29. The largest absolute Gasteiger partial charge is 0.299 e. The molecule has 122 valence electrons. The van der Waals surface area contributed by atoms with Gasteiger partial charge in [-0.1, -0.05) is 31.2 Å². The molecule has 0 aromatic carbocycles. The predicted octanol–water partition coefficient (Wildman–Crippen LogP) is 4.76. The van der Waals surface area contributed by atoms with E-state index in [0.29, 0.717) is 12.8 Å². The monoisotopic (exact) mass is 320 g/mol. The average molecular weight is 320 g/mol. The zero-order chi connectivity index (χ0) is 16.7. The van der Waals surface area contributed by atoms with Gasteiger partial charge in [0.25, 0.3) is 0 Å². The lowest BCUT2D eigenvalue weighted by molar-refractivity contribution is -0.135. The number of carbonyl (C=O) groups excluding carboxylic acids is 2. The van der Waals surface area contributed by atoms with E-state index in [9.17, 15) is 9.59 Å². The first kappa shape index (κ1) is 19.0. The summed E-state index contributed by atoms with van der Waals surface area (Å²) in [6.07, 6.45) is 8.81. The molecule has 3 heteroatoms. The highest BCUT2D eigenvalue weighted by Crippen LogP contribution is 2.35. The zero-order valence-corrected chi connectivity index (χ0v) is 15.1. The summed E-state index contributed by atoms with van der Waals surface area (Å²) in [7, 11) is 0. The van der Waals surface area contributed by atoms with Gasteiger partial charge in [0, 0.05) is 12.8 Å². The second-order valence-corrected chi connectivity index (χ2v) is 7.00. The van der Waals surface area contributed by atoms with Crippen molar-refractivity contribution >= 4 is 23.3 Å². The Morgan fingerprint density at radius 1 is 1.27 bits per heavy atom. The third-order valence-electron chi connectivity index (χ3n) is 4.31. The molecule has 0 aliphatic heterocycles. The molecule has 0 amide bonds. The van der Waals surface area contributed by atoms with E-state index in [1.807, 2.05) is 13.8 Å². The van der Waals surface area contributed by atoms with Gasteiger partial charge >= 0.3 is 0 Å². The maximum Gasteiger partial charge on any atom is 0.148 e. The Morgan fingerprint density at radius 2 is 1.86 bits per heavy atom. The minimum Gasteiger partial charge on any atom is -0.299 e. The van der Waals surface area contributed by atoms with Crippen LogP contribution in [0.2, 0.25) is 0 Å². The van der Waals surface area contributed by atoms with E-state index in [-0.39, 0.29) is 17.5 Å². The van der Waals surface area contributed by atoms with Crippen molar-refractivity contribution < 1.29 is 9.59 Å². The standard InChI is InChI=1S/C19H28O2S/c1-6-8-14(4)18(13(3)7-2)19-16(20)11-15(9-10-22-5)12-17(19)21/h7-8,15,19H,2,6,9-12H2,1,3-5H3/b14-8-,18-13+. The van der Waals surface area contributed by atoms with E-state index >= 15 is 0 Å². The molecular weight excluding hydrogens is 292 g/mol. The molecule has 0 aromatic heterocycles. The van der Waals surface area contributed by atoms with Crippen molar-refractivity contribution in [1.82, 2.24) is 0 Å². The van der Waals surface area contributed by atoms with Gasteiger partial charge in [-0.15, -0.1) is 0 Å². The van der Waals surface area contributed by atoms with E-state index in [0.717, 1.165) is 35.3 Å². The Balaban J connectivity index is 3.08. The van der Waals surface area contributed by atoms with Crippen molar-refractivity contribution in [2.24, 2.45) is 11.8 Å². The summed E-state index contributed by atoms with van der Waals surface area (Å²) in [5.74, 6) is 0.833. The predicted molar refractivity (Wildman–Crippen MR) is 96.2 cm³/mol. The third-order valence-corrected chi connectivity index (χ3v) is 4.95. The SMILES string of the molecule is C=C/C(C)=C(\C(C)=C/CC)C1C(=O)CC(CCSC)CC1=O. The Kier molecular flexibility index (Phi) is 7.88. The molecular formula is C19H28O2S. The second kappa shape index (κ2) is 9.14. The van der Waals surface area contributed by atoms with Gasteiger partial charge in [0.05, 0.1) is 0 Å². The van der Waals surface area contributed by atoms with Crippen LogP contribution < -0.4 is 0 Å². The topological polar surface area (TPSA) is 34.1 Å². The smallest absolute Gasteiger partial charge is 0.148 e.